The Kier molecular flexibility index (Phi) is 4.75. The second-order valence-corrected chi connectivity index (χ2v) is 6.90. The number of nitrogens with two attached hydrogens (primary N) is 1. The molecule has 0 saturated heterocycles. The Morgan fingerprint density at radius 3 is 2.83 bits per heavy atom. The van der Waals surface area contributed by atoms with Crippen molar-refractivity contribution in [3.05, 3.63) is 44.8 Å². The van der Waals surface area contributed by atoms with Gasteiger partial charge in [0.25, 0.3) is 5.91 Å². The minimum atomic E-state index is -0.557. The standard InChI is InChI=1S/C16H16ClN3O3S/c1-8-3-2-4-10(17)13(8)19-16(22)20-15-12(14(18)21)9-5-6-23-7-11(9)24-15/h2-4H,5-7H2,1H3,(H2,18,21)(H2,19,20,22). The lowest BCUT2D eigenvalue weighted by molar-refractivity contribution is 0.0991. The van der Waals surface area contributed by atoms with Gasteiger partial charge in [-0.1, -0.05) is 23.7 Å². The highest BCUT2D eigenvalue weighted by Crippen LogP contribution is 2.36. The van der Waals surface area contributed by atoms with Crippen LogP contribution in [0.1, 0.15) is 26.4 Å². The van der Waals surface area contributed by atoms with E-state index in [9.17, 15) is 9.59 Å². The number of carbonyl (C=O) groups excluding carboxylic acids is 2. The smallest absolute Gasteiger partial charge is 0.324 e. The highest BCUT2D eigenvalue weighted by atomic mass is 35.5. The molecule has 0 fully saturated rings. The highest BCUT2D eigenvalue weighted by molar-refractivity contribution is 7.17. The molecule has 2 heterocycles. The molecule has 0 spiro atoms. The Hall–Kier alpha value is -2.09. The van der Waals surface area contributed by atoms with Crippen molar-refractivity contribution in [2.75, 3.05) is 17.2 Å². The van der Waals surface area contributed by atoms with Crippen molar-refractivity contribution in [3.8, 4) is 0 Å². The predicted octanol–water partition coefficient (Wildman–Crippen LogP) is 3.53. The molecule has 3 rings (SSSR count). The molecule has 0 unspecified atom stereocenters. The van der Waals surface area contributed by atoms with E-state index in [4.69, 9.17) is 22.1 Å². The second kappa shape index (κ2) is 6.80. The SMILES string of the molecule is Cc1cccc(Cl)c1NC(=O)Nc1sc2c(c1C(N)=O)CCOC2. The third-order valence-electron chi connectivity index (χ3n) is 3.75. The average molecular weight is 366 g/mol. The molecule has 1 aromatic heterocycles. The van der Waals surface area contributed by atoms with Gasteiger partial charge in [-0.05, 0) is 30.5 Å². The molecule has 0 bridgehead atoms. The van der Waals surface area contributed by atoms with Crippen LogP contribution in [-0.2, 0) is 17.8 Å². The zero-order chi connectivity index (χ0) is 17.3. The number of para-hydroxylation sites is 1. The van der Waals surface area contributed by atoms with Gasteiger partial charge in [0.05, 0.1) is 29.5 Å². The van der Waals surface area contributed by atoms with E-state index in [0.29, 0.717) is 40.9 Å². The molecule has 0 atom stereocenters. The maximum Gasteiger partial charge on any atom is 0.324 e. The first-order valence-corrected chi connectivity index (χ1v) is 8.52. The van der Waals surface area contributed by atoms with E-state index in [2.05, 4.69) is 10.6 Å². The number of anilines is 2. The Morgan fingerprint density at radius 1 is 1.33 bits per heavy atom. The largest absolute Gasteiger partial charge is 0.376 e. The molecule has 6 nitrogen and oxygen atoms in total. The molecule has 1 aliphatic heterocycles. The minimum absolute atomic E-state index is 0.365. The molecule has 0 aliphatic carbocycles. The number of benzene rings is 1. The van der Waals surface area contributed by atoms with Crippen molar-refractivity contribution in [3.63, 3.8) is 0 Å². The molecule has 1 aliphatic rings. The third-order valence-corrected chi connectivity index (χ3v) is 5.19. The summed E-state index contributed by atoms with van der Waals surface area (Å²) in [4.78, 5) is 25.0. The summed E-state index contributed by atoms with van der Waals surface area (Å²) in [6.45, 7) is 2.80. The van der Waals surface area contributed by atoms with Gasteiger partial charge in [-0.15, -0.1) is 11.3 Å². The lowest BCUT2D eigenvalue weighted by Crippen LogP contribution is -2.23. The van der Waals surface area contributed by atoms with Gasteiger partial charge in [0.2, 0.25) is 0 Å². The van der Waals surface area contributed by atoms with E-state index in [0.717, 1.165) is 16.0 Å². The van der Waals surface area contributed by atoms with Gasteiger partial charge in [0.15, 0.2) is 0 Å². The number of hydrogen-bond donors (Lipinski definition) is 3. The Bertz CT molecular complexity index is 799. The Balaban J connectivity index is 1.84. The summed E-state index contributed by atoms with van der Waals surface area (Å²) in [6.07, 6.45) is 0.608. The van der Waals surface area contributed by atoms with Crippen LogP contribution >= 0.6 is 22.9 Å². The van der Waals surface area contributed by atoms with Crippen LogP contribution in [0.3, 0.4) is 0 Å². The molecular weight excluding hydrogens is 350 g/mol. The lowest BCUT2D eigenvalue weighted by atomic mass is 10.1. The van der Waals surface area contributed by atoms with Crippen molar-refractivity contribution in [1.29, 1.82) is 0 Å². The first-order chi connectivity index (χ1) is 11.5. The highest BCUT2D eigenvalue weighted by Gasteiger charge is 2.25. The van der Waals surface area contributed by atoms with Gasteiger partial charge in [0.1, 0.15) is 5.00 Å². The van der Waals surface area contributed by atoms with Crippen LogP contribution in [-0.4, -0.2) is 18.5 Å². The quantitative estimate of drug-likeness (QED) is 0.776. The van der Waals surface area contributed by atoms with Gasteiger partial charge >= 0.3 is 6.03 Å². The van der Waals surface area contributed by atoms with Crippen molar-refractivity contribution < 1.29 is 14.3 Å². The molecular formula is C16H16ClN3O3S. The molecule has 3 amide bonds. The van der Waals surface area contributed by atoms with E-state index in [1.807, 2.05) is 13.0 Å². The Labute approximate surface area is 147 Å². The molecule has 126 valence electrons. The number of halogens is 1. The van der Waals surface area contributed by atoms with Gasteiger partial charge in [0, 0.05) is 4.88 Å². The maximum absolute atomic E-state index is 12.3. The van der Waals surface area contributed by atoms with Gasteiger partial charge in [-0.25, -0.2) is 4.79 Å². The van der Waals surface area contributed by atoms with Crippen molar-refractivity contribution in [2.24, 2.45) is 5.73 Å². The van der Waals surface area contributed by atoms with Crippen molar-refractivity contribution >= 4 is 45.6 Å². The number of primary amides is 1. The van der Waals surface area contributed by atoms with E-state index in [1.165, 1.54) is 11.3 Å². The maximum atomic E-state index is 12.3. The molecule has 2 aromatic rings. The summed E-state index contributed by atoms with van der Waals surface area (Å²) in [5, 5.41) is 6.29. The number of carbonyl (C=O) groups is 2. The fourth-order valence-corrected chi connectivity index (χ4v) is 4.07. The summed E-state index contributed by atoms with van der Waals surface area (Å²) < 4.78 is 5.39. The summed E-state index contributed by atoms with van der Waals surface area (Å²) >= 11 is 7.42. The summed E-state index contributed by atoms with van der Waals surface area (Å²) in [7, 11) is 0. The van der Waals surface area contributed by atoms with E-state index >= 15 is 0 Å². The van der Waals surface area contributed by atoms with Crippen molar-refractivity contribution in [1.82, 2.24) is 0 Å². The fourth-order valence-electron chi connectivity index (χ4n) is 2.62. The van der Waals surface area contributed by atoms with E-state index in [1.54, 1.807) is 12.1 Å². The second-order valence-electron chi connectivity index (χ2n) is 5.39. The van der Waals surface area contributed by atoms with Crippen molar-refractivity contribution in [2.45, 2.75) is 20.0 Å². The number of hydrogen-bond acceptors (Lipinski definition) is 4. The summed E-state index contributed by atoms with van der Waals surface area (Å²) in [5.74, 6) is -0.557. The minimum Gasteiger partial charge on any atom is -0.376 e. The van der Waals surface area contributed by atoms with Gasteiger partial charge in [-0.3, -0.25) is 10.1 Å². The number of thiophene rings is 1. The van der Waals surface area contributed by atoms with Crippen LogP contribution < -0.4 is 16.4 Å². The van der Waals surface area contributed by atoms with E-state index < -0.39 is 11.9 Å². The molecule has 4 N–H and O–H groups in total. The van der Waals surface area contributed by atoms with Gasteiger partial charge < -0.3 is 15.8 Å². The fraction of sp³-hybridized carbons (Fsp3) is 0.250. The summed E-state index contributed by atoms with van der Waals surface area (Å²) in [5.41, 5.74) is 8.09. The Morgan fingerprint density at radius 2 is 2.12 bits per heavy atom. The molecule has 24 heavy (non-hydrogen) atoms. The van der Waals surface area contributed by atoms with Crippen LogP contribution in [0.2, 0.25) is 5.02 Å². The molecule has 0 saturated carbocycles. The monoisotopic (exact) mass is 365 g/mol. The van der Waals surface area contributed by atoms with Crippen LogP contribution in [0.25, 0.3) is 0 Å². The number of fused-ring (bicyclic) bond motifs is 1. The molecule has 1 aromatic carbocycles. The third kappa shape index (κ3) is 3.24. The number of aryl methyl sites for hydroxylation is 1. The number of urea groups is 1. The topological polar surface area (TPSA) is 93.5 Å². The molecule has 0 radical (unpaired) electrons. The number of amides is 3. The average Bonchev–Trinajstić information content (AvgIpc) is 2.89. The van der Waals surface area contributed by atoms with Gasteiger partial charge in [-0.2, -0.15) is 0 Å². The van der Waals surface area contributed by atoms with E-state index in [-0.39, 0.29) is 0 Å². The first kappa shape index (κ1) is 16.8. The predicted molar refractivity (Wildman–Crippen MR) is 95.0 cm³/mol. The lowest BCUT2D eigenvalue weighted by Gasteiger charge is -2.12. The normalized spacial score (nSPS) is 13.2. The number of rotatable bonds is 3. The first-order valence-electron chi connectivity index (χ1n) is 7.32. The zero-order valence-electron chi connectivity index (χ0n) is 12.9. The number of ether oxygens (including phenoxy) is 1. The summed E-state index contributed by atoms with van der Waals surface area (Å²) in [6, 6.07) is 4.87. The van der Waals surface area contributed by atoms with Crippen LogP contribution in [0, 0.1) is 6.92 Å². The van der Waals surface area contributed by atoms with Crippen LogP contribution in [0.4, 0.5) is 15.5 Å². The number of nitrogens with one attached hydrogen (secondary N) is 2. The molecule has 8 heteroatoms. The van der Waals surface area contributed by atoms with Crippen LogP contribution in [0.15, 0.2) is 18.2 Å². The zero-order valence-corrected chi connectivity index (χ0v) is 14.5. The van der Waals surface area contributed by atoms with Crippen LogP contribution in [0.5, 0.6) is 0 Å².